The van der Waals surface area contributed by atoms with E-state index in [9.17, 15) is 0 Å². The van der Waals surface area contributed by atoms with Crippen LogP contribution in [0.4, 0.5) is 5.69 Å². The molecule has 1 aromatic heterocycles. The highest BCUT2D eigenvalue weighted by molar-refractivity contribution is 5.46. The highest BCUT2D eigenvalue weighted by Crippen LogP contribution is 2.13. The zero-order valence-corrected chi connectivity index (χ0v) is 11.2. The standard InChI is InChI=1S/C14H20N4/c1-11-13(9-16-17-11)8-15-14-6-4-5-12(7-14)10-18(2)3/h4-7,9,15H,8,10H2,1-3H3,(H,16,17). The lowest BCUT2D eigenvalue weighted by Crippen LogP contribution is -2.10. The molecule has 2 N–H and O–H groups in total. The second-order valence-corrected chi connectivity index (χ2v) is 4.81. The van der Waals surface area contributed by atoms with Gasteiger partial charge in [-0.25, -0.2) is 0 Å². The summed E-state index contributed by atoms with van der Waals surface area (Å²) >= 11 is 0. The molecule has 0 aliphatic rings. The summed E-state index contributed by atoms with van der Waals surface area (Å²) in [6.45, 7) is 3.79. The van der Waals surface area contributed by atoms with Gasteiger partial charge >= 0.3 is 0 Å². The number of anilines is 1. The van der Waals surface area contributed by atoms with Gasteiger partial charge in [0.2, 0.25) is 0 Å². The second-order valence-electron chi connectivity index (χ2n) is 4.81. The third-order valence-corrected chi connectivity index (χ3v) is 2.84. The number of rotatable bonds is 5. The number of H-pyrrole nitrogens is 1. The molecule has 96 valence electrons. The third-order valence-electron chi connectivity index (χ3n) is 2.84. The molecule has 0 amide bonds. The molecular formula is C14H20N4. The van der Waals surface area contributed by atoms with Gasteiger partial charge in [0.1, 0.15) is 0 Å². The zero-order valence-electron chi connectivity index (χ0n) is 11.2. The van der Waals surface area contributed by atoms with Crippen molar-refractivity contribution in [2.45, 2.75) is 20.0 Å². The smallest absolute Gasteiger partial charge is 0.0539 e. The summed E-state index contributed by atoms with van der Waals surface area (Å²) in [6.07, 6.45) is 1.87. The summed E-state index contributed by atoms with van der Waals surface area (Å²) < 4.78 is 0. The summed E-state index contributed by atoms with van der Waals surface area (Å²) in [5.74, 6) is 0. The lowest BCUT2D eigenvalue weighted by molar-refractivity contribution is 0.402. The minimum absolute atomic E-state index is 0.799. The number of benzene rings is 1. The largest absolute Gasteiger partial charge is 0.381 e. The molecule has 0 atom stereocenters. The van der Waals surface area contributed by atoms with Gasteiger partial charge < -0.3 is 10.2 Å². The van der Waals surface area contributed by atoms with E-state index in [-0.39, 0.29) is 0 Å². The SMILES string of the molecule is Cc1[nH]ncc1CNc1cccc(CN(C)C)c1. The maximum Gasteiger partial charge on any atom is 0.0539 e. The fraction of sp³-hybridized carbons (Fsp3) is 0.357. The van der Waals surface area contributed by atoms with Crippen LogP contribution in [0.15, 0.2) is 30.5 Å². The van der Waals surface area contributed by atoms with E-state index in [0.717, 1.165) is 24.5 Å². The van der Waals surface area contributed by atoms with Crippen LogP contribution in [0.5, 0.6) is 0 Å². The Labute approximate surface area is 108 Å². The van der Waals surface area contributed by atoms with E-state index in [2.05, 4.69) is 58.8 Å². The molecule has 0 bridgehead atoms. The molecule has 2 rings (SSSR count). The van der Waals surface area contributed by atoms with E-state index < -0.39 is 0 Å². The van der Waals surface area contributed by atoms with Crippen molar-refractivity contribution in [3.8, 4) is 0 Å². The Morgan fingerprint density at radius 1 is 1.33 bits per heavy atom. The predicted molar refractivity (Wildman–Crippen MR) is 74.5 cm³/mol. The van der Waals surface area contributed by atoms with Crippen molar-refractivity contribution in [1.29, 1.82) is 0 Å². The van der Waals surface area contributed by atoms with Gasteiger partial charge in [0, 0.05) is 30.0 Å². The predicted octanol–water partition coefficient (Wildman–Crippen LogP) is 2.39. The molecule has 0 saturated heterocycles. The molecule has 4 heteroatoms. The molecule has 18 heavy (non-hydrogen) atoms. The van der Waals surface area contributed by atoms with Crippen molar-refractivity contribution in [1.82, 2.24) is 15.1 Å². The molecule has 0 aliphatic heterocycles. The topological polar surface area (TPSA) is 44.0 Å². The van der Waals surface area contributed by atoms with Gasteiger partial charge in [0.25, 0.3) is 0 Å². The Morgan fingerprint density at radius 3 is 2.83 bits per heavy atom. The van der Waals surface area contributed by atoms with E-state index in [1.807, 2.05) is 13.1 Å². The molecule has 1 heterocycles. The van der Waals surface area contributed by atoms with Gasteiger partial charge in [0.05, 0.1) is 6.20 Å². The van der Waals surface area contributed by atoms with Crippen LogP contribution >= 0.6 is 0 Å². The summed E-state index contributed by atoms with van der Waals surface area (Å²) in [5.41, 5.74) is 4.78. The third kappa shape index (κ3) is 3.34. The molecule has 0 radical (unpaired) electrons. The van der Waals surface area contributed by atoms with Gasteiger partial charge in [-0.3, -0.25) is 5.10 Å². The quantitative estimate of drug-likeness (QED) is 0.848. The van der Waals surface area contributed by atoms with E-state index in [4.69, 9.17) is 0 Å². The van der Waals surface area contributed by atoms with E-state index in [1.54, 1.807) is 0 Å². The highest BCUT2D eigenvalue weighted by Gasteiger charge is 2.01. The Hall–Kier alpha value is -1.81. The number of aryl methyl sites for hydroxylation is 1. The Balaban J connectivity index is 1.99. The van der Waals surface area contributed by atoms with E-state index in [0.29, 0.717) is 0 Å². The fourth-order valence-electron chi connectivity index (χ4n) is 1.90. The van der Waals surface area contributed by atoms with Gasteiger partial charge in [0.15, 0.2) is 0 Å². The molecule has 0 saturated carbocycles. The number of hydrogen-bond donors (Lipinski definition) is 2. The summed E-state index contributed by atoms with van der Waals surface area (Å²) in [5, 5.41) is 10.4. The van der Waals surface area contributed by atoms with Crippen LogP contribution in [-0.4, -0.2) is 29.2 Å². The number of hydrogen-bond acceptors (Lipinski definition) is 3. The van der Waals surface area contributed by atoms with Crippen LogP contribution in [0.1, 0.15) is 16.8 Å². The maximum absolute atomic E-state index is 4.02. The zero-order chi connectivity index (χ0) is 13.0. The monoisotopic (exact) mass is 244 g/mol. The van der Waals surface area contributed by atoms with Crippen LogP contribution in [0.2, 0.25) is 0 Å². The lowest BCUT2D eigenvalue weighted by atomic mass is 10.2. The fourth-order valence-corrected chi connectivity index (χ4v) is 1.90. The van der Waals surface area contributed by atoms with Crippen LogP contribution in [0.3, 0.4) is 0 Å². The van der Waals surface area contributed by atoms with Crippen molar-refractivity contribution < 1.29 is 0 Å². The van der Waals surface area contributed by atoms with Crippen LogP contribution in [0.25, 0.3) is 0 Å². The van der Waals surface area contributed by atoms with Crippen molar-refractivity contribution >= 4 is 5.69 Å². The Bertz CT molecular complexity index is 502. The van der Waals surface area contributed by atoms with Crippen LogP contribution < -0.4 is 5.32 Å². The molecule has 0 unspecified atom stereocenters. The first-order valence-corrected chi connectivity index (χ1v) is 6.11. The molecular weight excluding hydrogens is 224 g/mol. The van der Waals surface area contributed by atoms with Gasteiger partial charge in [-0.05, 0) is 38.7 Å². The molecule has 0 fully saturated rings. The Kier molecular flexibility index (Phi) is 3.99. The number of nitrogens with one attached hydrogen (secondary N) is 2. The molecule has 2 aromatic rings. The van der Waals surface area contributed by atoms with Crippen molar-refractivity contribution in [3.63, 3.8) is 0 Å². The second kappa shape index (κ2) is 5.69. The first-order valence-electron chi connectivity index (χ1n) is 6.11. The highest BCUT2D eigenvalue weighted by atomic mass is 15.1. The van der Waals surface area contributed by atoms with Crippen molar-refractivity contribution in [2.24, 2.45) is 0 Å². The maximum atomic E-state index is 4.02. The normalized spacial score (nSPS) is 10.9. The first kappa shape index (κ1) is 12.6. The van der Waals surface area contributed by atoms with E-state index in [1.165, 1.54) is 11.1 Å². The minimum atomic E-state index is 0.799. The number of nitrogens with zero attached hydrogens (tertiary/aromatic N) is 2. The van der Waals surface area contributed by atoms with Crippen LogP contribution in [0, 0.1) is 6.92 Å². The van der Waals surface area contributed by atoms with Gasteiger partial charge in [-0.1, -0.05) is 12.1 Å². The van der Waals surface area contributed by atoms with Crippen LogP contribution in [-0.2, 0) is 13.1 Å². The van der Waals surface area contributed by atoms with E-state index >= 15 is 0 Å². The first-order chi connectivity index (χ1) is 8.65. The van der Waals surface area contributed by atoms with Crippen molar-refractivity contribution in [2.75, 3.05) is 19.4 Å². The molecule has 4 nitrogen and oxygen atoms in total. The molecule has 1 aromatic carbocycles. The lowest BCUT2D eigenvalue weighted by Gasteiger charge is -2.11. The van der Waals surface area contributed by atoms with Gasteiger partial charge in [-0.15, -0.1) is 0 Å². The average Bonchev–Trinajstić information content (AvgIpc) is 2.72. The summed E-state index contributed by atoms with van der Waals surface area (Å²) in [7, 11) is 4.16. The number of aromatic amines is 1. The number of aromatic nitrogens is 2. The van der Waals surface area contributed by atoms with Gasteiger partial charge in [-0.2, -0.15) is 5.10 Å². The molecule has 0 spiro atoms. The average molecular weight is 244 g/mol. The van der Waals surface area contributed by atoms with Crippen molar-refractivity contribution in [3.05, 3.63) is 47.3 Å². The Morgan fingerprint density at radius 2 is 2.17 bits per heavy atom. The summed E-state index contributed by atoms with van der Waals surface area (Å²) in [4.78, 5) is 2.17. The summed E-state index contributed by atoms with van der Waals surface area (Å²) in [6, 6.07) is 8.52. The minimum Gasteiger partial charge on any atom is -0.381 e. The molecule has 0 aliphatic carbocycles.